The lowest BCUT2D eigenvalue weighted by atomic mass is 9.66. The first kappa shape index (κ1) is 17.5. The molecule has 0 aliphatic heterocycles. The van der Waals surface area contributed by atoms with Gasteiger partial charge in [0.1, 0.15) is 5.82 Å². The summed E-state index contributed by atoms with van der Waals surface area (Å²) in [6, 6.07) is 2.99. The molecule has 7 nitrogen and oxygen atoms in total. The standard InChI is InChI=1S/C17H23FN6O/c18-13-5-3-9-20-15(13)17(6-4-7-17)12-21-16(25)14-11-24(23-22-14)10-2-1-8-19/h3,5,9,11H,1-2,4,6-8,10,12,19H2,(H,21,25). The minimum Gasteiger partial charge on any atom is -0.350 e. The van der Waals surface area contributed by atoms with Gasteiger partial charge in [-0.05, 0) is 44.4 Å². The number of nitrogens with one attached hydrogen (secondary N) is 1. The molecule has 0 bridgehead atoms. The SMILES string of the molecule is NCCCCn1cc(C(=O)NCC2(c3ncccc3F)CCC2)nn1. The third kappa shape index (κ3) is 3.84. The van der Waals surface area contributed by atoms with Gasteiger partial charge < -0.3 is 11.1 Å². The monoisotopic (exact) mass is 346 g/mol. The van der Waals surface area contributed by atoms with E-state index in [1.165, 1.54) is 6.07 Å². The van der Waals surface area contributed by atoms with Gasteiger partial charge in [0.2, 0.25) is 0 Å². The molecule has 0 unspecified atom stereocenters. The molecule has 0 spiro atoms. The highest BCUT2D eigenvalue weighted by Gasteiger charge is 2.42. The van der Waals surface area contributed by atoms with Crippen LogP contribution >= 0.6 is 0 Å². The second kappa shape index (κ2) is 7.69. The number of rotatable bonds is 8. The van der Waals surface area contributed by atoms with Crippen LogP contribution in [0.5, 0.6) is 0 Å². The van der Waals surface area contributed by atoms with Crippen molar-refractivity contribution in [1.82, 2.24) is 25.3 Å². The fraction of sp³-hybridized carbons (Fsp3) is 0.529. The third-order valence-electron chi connectivity index (χ3n) is 4.77. The normalized spacial score (nSPS) is 15.6. The quantitative estimate of drug-likeness (QED) is 0.704. The summed E-state index contributed by atoms with van der Waals surface area (Å²) in [7, 11) is 0. The molecule has 0 aromatic carbocycles. The molecular formula is C17H23FN6O. The van der Waals surface area contributed by atoms with Crippen LogP contribution in [0, 0.1) is 5.82 Å². The number of aromatic nitrogens is 4. The lowest BCUT2D eigenvalue weighted by molar-refractivity contribution is 0.0920. The predicted molar refractivity (Wildman–Crippen MR) is 90.4 cm³/mol. The Morgan fingerprint density at radius 1 is 1.40 bits per heavy atom. The Bertz CT molecular complexity index is 727. The van der Waals surface area contributed by atoms with Crippen molar-refractivity contribution < 1.29 is 9.18 Å². The number of carbonyl (C=O) groups excluding carboxylic acids is 1. The van der Waals surface area contributed by atoms with Gasteiger partial charge in [0.15, 0.2) is 5.69 Å². The molecule has 0 radical (unpaired) electrons. The van der Waals surface area contributed by atoms with Gasteiger partial charge in [-0.15, -0.1) is 5.10 Å². The maximum atomic E-state index is 14.1. The first-order valence-corrected chi connectivity index (χ1v) is 8.64. The number of aryl methyl sites for hydroxylation is 1. The van der Waals surface area contributed by atoms with Crippen LogP contribution in [0.25, 0.3) is 0 Å². The molecule has 1 aliphatic rings. The summed E-state index contributed by atoms with van der Waals surface area (Å²) in [6.45, 7) is 1.66. The minimum atomic E-state index is -0.419. The summed E-state index contributed by atoms with van der Waals surface area (Å²) in [6.07, 6.45) is 7.64. The van der Waals surface area contributed by atoms with Crippen LogP contribution in [-0.4, -0.2) is 39.0 Å². The lowest BCUT2D eigenvalue weighted by Crippen LogP contribution is -2.46. The van der Waals surface area contributed by atoms with Gasteiger partial charge in [0.25, 0.3) is 5.91 Å². The zero-order valence-corrected chi connectivity index (χ0v) is 14.1. The third-order valence-corrected chi connectivity index (χ3v) is 4.77. The summed E-state index contributed by atoms with van der Waals surface area (Å²) in [4.78, 5) is 16.5. The van der Waals surface area contributed by atoms with Crippen molar-refractivity contribution in [3.8, 4) is 0 Å². The van der Waals surface area contributed by atoms with E-state index in [2.05, 4.69) is 20.6 Å². The second-order valence-electron chi connectivity index (χ2n) is 6.51. The molecule has 0 saturated heterocycles. The maximum absolute atomic E-state index is 14.1. The first-order valence-electron chi connectivity index (χ1n) is 8.64. The molecule has 0 atom stereocenters. The van der Waals surface area contributed by atoms with Crippen LogP contribution in [0.2, 0.25) is 0 Å². The topological polar surface area (TPSA) is 98.7 Å². The van der Waals surface area contributed by atoms with Crippen molar-refractivity contribution in [3.05, 3.63) is 41.7 Å². The van der Waals surface area contributed by atoms with Gasteiger partial charge in [-0.25, -0.2) is 4.39 Å². The maximum Gasteiger partial charge on any atom is 0.273 e. The Labute approximate surface area is 145 Å². The zero-order chi connectivity index (χ0) is 17.7. The molecule has 3 rings (SSSR count). The number of amides is 1. The largest absolute Gasteiger partial charge is 0.350 e. The molecule has 1 saturated carbocycles. The van der Waals surface area contributed by atoms with Crippen LogP contribution in [0.3, 0.4) is 0 Å². The Kier molecular flexibility index (Phi) is 5.37. The fourth-order valence-electron chi connectivity index (χ4n) is 3.15. The average molecular weight is 346 g/mol. The molecule has 1 fully saturated rings. The minimum absolute atomic E-state index is 0.267. The van der Waals surface area contributed by atoms with Gasteiger partial charge >= 0.3 is 0 Å². The number of nitrogens with zero attached hydrogens (tertiary/aromatic N) is 4. The average Bonchev–Trinajstić information content (AvgIpc) is 3.04. The van der Waals surface area contributed by atoms with E-state index in [1.807, 2.05) is 0 Å². The predicted octanol–water partition coefficient (Wildman–Crippen LogP) is 1.40. The Morgan fingerprint density at radius 2 is 2.24 bits per heavy atom. The van der Waals surface area contributed by atoms with Crippen LogP contribution < -0.4 is 11.1 Å². The van der Waals surface area contributed by atoms with Crippen LogP contribution in [0.4, 0.5) is 4.39 Å². The zero-order valence-electron chi connectivity index (χ0n) is 14.1. The van der Waals surface area contributed by atoms with Gasteiger partial charge in [-0.2, -0.15) is 0 Å². The van der Waals surface area contributed by atoms with E-state index in [0.717, 1.165) is 32.1 Å². The number of nitrogens with two attached hydrogens (primary N) is 1. The molecule has 1 aliphatic carbocycles. The molecule has 25 heavy (non-hydrogen) atoms. The van der Waals surface area contributed by atoms with E-state index in [1.54, 1.807) is 23.1 Å². The van der Waals surface area contributed by atoms with Crippen molar-refractivity contribution in [1.29, 1.82) is 0 Å². The molecule has 3 N–H and O–H groups in total. The Hall–Kier alpha value is -2.35. The first-order chi connectivity index (χ1) is 12.1. The highest BCUT2D eigenvalue weighted by Crippen LogP contribution is 2.43. The number of pyridine rings is 1. The summed E-state index contributed by atoms with van der Waals surface area (Å²) in [5, 5.41) is 10.7. The number of hydrogen-bond acceptors (Lipinski definition) is 5. The van der Waals surface area contributed by atoms with Gasteiger partial charge in [0.05, 0.1) is 11.9 Å². The highest BCUT2D eigenvalue weighted by atomic mass is 19.1. The van der Waals surface area contributed by atoms with Gasteiger partial charge in [0, 0.05) is 24.7 Å². The van der Waals surface area contributed by atoms with Crippen LogP contribution in [0.15, 0.2) is 24.5 Å². The smallest absolute Gasteiger partial charge is 0.273 e. The molecule has 1 amide bonds. The molecule has 134 valence electrons. The van der Waals surface area contributed by atoms with E-state index in [4.69, 9.17) is 5.73 Å². The van der Waals surface area contributed by atoms with Crippen molar-refractivity contribution in [2.24, 2.45) is 5.73 Å². The number of unbranched alkanes of at least 4 members (excludes halogenated alkanes) is 1. The summed E-state index contributed by atoms with van der Waals surface area (Å²) < 4.78 is 15.7. The van der Waals surface area contributed by atoms with Crippen molar-refractivity contribution in [2.75, 3.05) is 13.1 Å². The number of halogens is 1. The molecule has 8 heteroatoms. The number of hydrogen-bond donors (Lipinski definition) is 2. The highest BCUT2D eigenvalue weighted by molar-refractivity contribution is 5.91. The van der Waals surface area contributed by atoms with E-state index in [-0.39, 0.29) is 17.4 Å². The lowest BCUT2D eigenvalue weighted by Gasteiger charge is -2.41. The van der Waals surface area contributed by atoms with E-state index < -0.39 is 5.41 Å². The summed E-state index contributed by atoms with van der Waals surface area (Å²) >= 11 is 0. The molecule has 2 aromatic rings. The summed E-state index contributed by atoms with van der Waals surface area (Å²) in [5.41, 5.74) is 5.75. The van der Waals surface area contributed by atoms with Crippen LogP contribution in [-0.2, 0) is 12.0 Å². The van der Waals surface area contributed by atoms with Crippen molar-refractivity contribution >= 4 is 5.91 Å². The Morgan fingerprint density at radius 3 is 2.92 bits per heavy atom. The summed E-state index contributed by atoms with van der Waals surface area (Å²) in [5.74, 6) is -0.616. The molecular weight excluding hydrogens is 323 g/mol. The van der Waals surface area contributed by atoms with Gasteiger partial charge in [-0.1, -0.05) is 11.6 Å². The number of carbonyl (C=O) groups is 1. The van der Waals surface area contributed by atoms with Crippen molar-refractivity contribution in [3.63, 3.8) is 0 Å². The second-order valence-corrected chi connectivity index (χ2v) is 6.51. The van der Waals surface area contributed by atoms with Crippen molar-refractivity contribution in [2.45, 2.75) is 44.1 Å². The van der Waals surface area contributed by atoms with E-state index in [9.17, 15) is 9.18 Å². The Balaban J connectivity index is 1.61. The van der Waals surface area contributed by atoms with Crippen LogP contribution in [0.1, 0.15) is 48.3 Å². The molecule has 2 aromatic heterocycles. The van der Waals surface area contributed by atoms with E-state index in [0.29, 0.717) is 25.3 Å². The fourth-order valence-corrected chi connectivity index (χ4v) is 3.15. The molecule has 2 heterocycles. The van der Waals surface area contributed by atoms with Gasteiger partial charge in [-0.3, -0.25) is 14.5 Å². The van der Waals surface area contributed by atoms with E-state index >= 15 is 0 Å².